The predicted octanol–water partition coefficient (Wildman–Crippen LogP) is 1.43. The Kier molecular flexibility index (Phi) is 6.07. The second-order valence-electron chi connectivity index (χ2n) is 3.87. The summed E-state index contributed by atoms with van der Waals surface area (Å²) in [4.78, 5) is 23.6. The van der Waals surface area contributed by atoms with Gasteiger partial charge in [0.25, 0.3) is 0 Å². The van der Waals surface area contributed by atoms with Gasteiger partial charge in [0.2, 0.25) is 0 Å². The Morgan fingerprint density at radius 1 is 1.00 bits per heavy atom. The molecule has 0 spiro atoms. The molecule has 0 saturated heterocycles. The van der Waals surface area contributed by atoms with E-state index in [1.54, 1.807) is 0 Å². The van der Waals surface area contributed by atoms with Gasteiger partial charge < -0.3 is 25.1 Å². The molecule has 0 amide bonds. The van der Waals surface area contributed by atoms with Gasteiger partial charge in [-0.05, 0) is 26.0 Å². The fourth-order valence-electron chi connectivity index (χ4n) is 1.64. The number of ether oxygens (including phenoxy) is 2. The van der Waals surface area contributed by atoms with Crippen molar-refractivity contribution < 1.29 is 29.5 Å². The van der Waals surface area contributed by atoms with E-state index < -0.39 is 44.9 Å². The van der Waals surface area contributed by atoms with E-state index in [1.165, 1.54) is 13.8 Å². The summed E-state index contributed by atoms with van der Waals surface area (Å²) < 4.78 is 9.38. The molecule has 0 atom stereocenters. The number of hydrogen-bond acceptors (Lipinski definition) is 10. The van der Waals surface area contributed by atoms with Crippen molar-refractivity contribution in [3.63, 3.8) is 0 Å². The first kappa shape index (κ1) is 17.7. The fraction of sp³-hybridized carbons (Fsp3) is 0.333. The smallest absolute Gasteiger partial charge is 0.340 e. The normalized spacial score (nSPS) is 10.1. The lowest BCUT2D eigenvalue weighted by molar-refractivity contribution is 0.0266. The Morgan fingerprint density at radius 2 is 1.45 bits per heavy atom. The van der Waals surface area contributed by atoms with Crippen LogP contribution in [-0.2, 0) is 9.47 Å². The van der Waals surface area contributed by atoms with Crippen LogP contribution in [0.5, 0.6) is 0 Å². The molecule has 1 aromatic rings. The van der Waals surface area contributed by atoms with Gasteiger partial charge in [-0.2, -0.15) is 0 Å². The van der Waals surface area contributed by atoms with Crippen LogP contribution in [0.2, 0.25) is 0 Å². The lowest BCUT2D eigenvalue weighted by Crippen LogP contribution is -2.20. The number of carbonyl (C=O) groups excluding carboxylic acids is 2. The van der Waals surface area contributed by atoms with E-state index in [2.05, 4.69) is 4.74 Å². The SMILES string of the molecule is CCOC(=O)c1cc(C(=O)OCC)c(N(O)O)cc1N([O-])[O-]. The van der Waals surface area contributed by atoms with E-state index in [-0.39, 0.29) is 13.2 Å². The molecule has 0 aromatic heterocycles. The number of hydrogen-bond donors (Lipinski definition) is 2. The molecule has 0 fully saturated rings. The van der Waals surface area contributed by atoms with Crippen LogP contribution >= 0.6 is 0 Å². The Morgan fingerprint density at radius 3 is 1.82 bits per heavy atom. The Labute approximate surface area is 125 Å². The number of rotatable bonds is 6. The zero-order valence-electron chi connectivity index (χ0n) is 11.8. The molecule has 0 aliphatic carbocycles. The number of anilines is 2. The highest BCUT2D eigenvalue weighted by Crippen LogP contribution is 2.30. The lowest BCUT2D eigenvalue weighted by Gasteiger charge is -2.39. The minimum atomic E-state index is -1.02. The zero-order chi connectivity index (χ0) is 16.9. The molecule has 0 aliphatic heterocycles. The third-order valence-electron chi connectivity index (χ3n) is 2.52. The van der Waals surface area contributed by atoms with E-state index in [9.17, 15) is 20.0 Å². The van der Waals surface area contributed by atoms with Gasteiger partial charge in [0, 0.05) is 5.69 Å². The summed E-state index contributed by atoms with van der Waals surface area (Å²) in [6.45, 7) is 2.98. The lowest BCUT2D eigenvalue weighted by atomic mass is 10.1. The van der Waals surface area contributed by atoms with Gasteiger partial charge in [-0.25, -0.2) is 9.59 Å². The summed E-state index contributed by atoms with van der Waals surface area (Å²) in [7, 11) is 0. The third-order valence-corrected chi connectivity index (χ3v) is 2.52. The van der Waals surface area contributed by atoms with Gasteiger partial charge in [-0.1, -0.05) is 0 Å². The van der Waals surface area contributed by atoms with Crippen LogP contribution in [0.1, 0.15) is 34.6 Å². The second-order valence-corrected chi connectivity index (χ2v) is 3.87. The van der Waals surface area contributed by atoms with Crippen molar-refractivity contribution in [2.75, 3.05) is 23.7 Å². The summed E-state index contributed by atoms with van der Waals surface area (Å²) in [5.74, 6) is -2.00. The van der Waals surface area contributed by atoms with Crippen LogP contribution in [0.15, 0.2) is 12.1 Å². The predicted molar refractivity (Wildman–Crippen MR) is 73.6 cm³/mol. The Hall–Kier alpha value is -2.40. The number of nitrogens with zero attached hydrogens (tertiary/aromatic N) is 2. The summed E-state index contributed by atoms with van der Waals surface area (Å²) in [5.41, 5.74) is -2.27. The zero-order valence-corrected chi connectivity index (χ0v) is 11.8. The molecule has 0 radical (unpaired) electrons. The van der Waals surface area contributed by atoms with Crippen molar-refractivity contribution in [3.05, 3.63) is 33.7 Å². The molecule has 22 heavy (non-hydrogen) atoms. The minimum Gasteiger partial charge on any atom is -0.769 e. The maximum atomic E-state index is 11.8. The molecule has 0 unspecified atom stereocenters. The molecule has 0 aliphatic rings. The van der Waals surface area contributed by atoms with Crippen molar-refractivity contribution in [3.8, 4) is 0 Å². The maximum Gasteiger partial charge on any atom is 0.340 e. The van der Waals surface area contributed by atoms with Gasteiger partial charge in [0.05, 0.1) is 24.3 Å². The van der Waals surface area contributed by atoms with E-state index in [1.807, 2.05) is 0 Å². The molecular formula is C12H14N2O8-2. The summed E-state index contributed by atoms with van der Waals surface area (Å²) >= 11 is 0. The monoisotopic (exact) mass is 314 g/mol. The van der Waals surface area contributed by atoms with Crippen LogP contribution in [0.4, 0.5) is 11.4 Å². The number of benzene rings is 1. The van der Waals surface area contributed by atoms with E-state index >= 15 is 0 Å². The van der Waals surface area contributed by atoms with Crippen molar-refractivity contribution in [2.45, 2.75) is 13.8 Å². The standard InChI is InChI=1S/C12H14N2O8/c1-3-21-11(15)7-5-8(12(16)22-4-2)10(14(19)20)6-9(7)13(17)18/h5-6,17-18H,3-4H2,1-2H3/q-2. The van der Waals surface area contributed by atoms with Crippen LogP contribution in [0, 0.1) is 10.4 Å². The van der Waals surface area contributed by atoms with E-state index in [0.717, 1.165) is 6.07 Å². The minimum absolute atomic E-state index is 0.0130. The molecule has 122 valence electrons. The third kappa shape index (κ3) is 3.83. The van der Waals surface area contributed by atoms with Gasteiger partial charge in [0.15, 0.2) is 0 Å². The van der Waals surface area contributed by atoms with Gasteiger partial charge in [-0.15, -0.1) is 5.23 Å². The Bertz CT molecular complexity index is 513. The average Bonchev–Trinajstić information content (AvgIpc) is 2.46. The highest BCUT2D eigenvalue weighted by atomic mass is 16.8. The Balaban J connectivity index is 3.51. The average molecular weight is 314 g/mol. The van der Waals surface area contributed by atoms with Crippen molar-refractivity contribution in [2.24, 2.45) is 0 Å². The fourth-order valence-corrected chi connectivity index (χ4v) is 1.64. The molecule has 1 aromatic carbocycles. The number of esters is 2. The van der Waals surface area contributed by atoms with Gasteiger partial charge >= 0.3 is 11.9 Å². The van der Waals surface area contributed by atoms with E-state index in [0.29, 0.717) is 6.07 Å². The molecule has 10 nitrogen and oxygen atoms in total. The molecule has 0 bridgehead atoms. The van der Waals surface area contributed by atoms with Crippen LogP contribution in [0.25, 0.3) is 0 Å². The highest BCUT2D eigenvalue weighted by Gasteiger charge is 2.23. The second kappa shape index (κ2) is 7.56. The molecule has 0 heterocycles. The highest BCUT2D eigenvalue weighted by molar-refractivity contribution is 6.03. The maximum absolute atomic E-state index is 11.8. The van der Waals surface area contributed by atoms with Gasteiger partial charge in [0.1, 0.15) is 5.69 Å². The first-order valence-corrected chi connectivity index (χ1v) is 6.18. The quantitative estimate of drug-likeness (QED) is 0.583. The molecule has 1 rings (SSSR count). The molecule has 2 N–H and O–H groups in total. The largest absolute Gasteiger partial charge is 0.769 e. The first-order chi connectivity index (χ1) is 10.3. The summed E-state index contributed by atoms with van der Waals surface area (Å²) in [6.07, 6.45) is 0. The van der Waals surface area contributed by atoms with Crippen LogP contribution in [-0.4, -0.2) is 35.6 Å². The summed E-state index contributed by atoms with van der Waals surface area (Å²) in [5, 5.41) is 38.9. The van der Waals surface area contributed by atoms with E-state index in [4.69, 9.17) is 15.2 Å². The van der Waals surface area contributed by atoms with Crippen molar-refractivity contribution >= 4 is 23.3 Å². The summed E-state index contributed by atoms with van der Waals surface area (Å²) in [6, 6.07) is 1.49. The number of carbonyl (C=O) groups is 2. The van der Waals surface area contributed by atoms with Crippen LogP contribution < -0.4 is 10.5 Å². The van der Waals surface area contributed by atoms with Gasteiger partial charge in [-0.3, -0.25) is 10.4 Å². The first-order valence-electron chi connectivity index (χ1n) is 6.18. The molecular weight excluding hydrogens is 300 g/mol. The van der Waals surface area contributed by atoms with Crippen LogP contribution in [0.3, 0.4) is 0 Å². The molecule has 0 saturated carbocycles. The molecule has 10 heteroatoms. The van der Waals surface area contributed by atoms with Crippen molar-refractivity contribution in [1.29, 1.82) is 0 Å². The van der Waals surface area contributed by atoms with Crippen molar-refractivity contribution in [1.82, 2.24) is 0 Å². The topological polar surface area (TPSA) is 146 Å².